The number of nitrogens with one attached hydrogen (secondary N) is 2. The summed E-state index contributed by atoms with van der Waals surface area (Å²) < 4.78 is 0. The minimum absolute atomic E-state index is 0.0571. The molecule has 0 bridgehead atoms. The van der Waals surface area contributed by atoms with Crippen molar-refractivity contribution in [2.75, 3.05) is 10.6 Å². The number of aryl methyl sites for hydroxylation is 2. The zero-order chi connectivity index (χ0) is 18.8. The molecule has 0 saturated heterocycles. The van der Waals surface area contributed by atoms with Crippen molar-refractivity contribution in [2.45, 2.75) is 27.2 Å². The molecule has 2 amide bonds. The molecule has 0 aromatic heterocycles. The van der Waals surface area contributed by atoms with Crippen LogP contribution in [0.4, 0.5) is 11.4 Å². The lowest BCUT2D eigenvalue weighted by atomic mass is 10.1. The lowest BCUT2D eigenvalue weighted by molar-refractivity contribution is -0.122. The topological polar surface area (TPSA) is 75.3 Å². The molecular formula is C21H22N2O3. The summed E-state index contributed by atoms with van der Waals surface area (Å²) in [4.78, 5) is 36.2. The summed E-state index contributed by atoms with van der Waals surface area (Å²) >= 11 is 0. The van der Waals surface area contributed by atoms with Crippen LogP contribution in [0.2, 0.25) is 0 Å². The van der Waals surface area contributed by atoms with Gasteiger partial charge in [-0.3, -0.25) is 14.4 Å². The van der Waals surface area contributed by atoms with E-state index in [1.54, 1.807) is 24.3 Å². The fourth-order valence-corrected chi connectivity index (χ4v) is 2.92. The van der Waals surface area contributed by atoms with E-state index in [0.717, 1.165) is 16.8 Å². The Labute approximate surface area is 152 Å². The van der Waals surface area contributed by atoms with Gasteiger partial charge in [0.1, 0.15) is 0 Å². The molecule has 5 nitrogen and oxygen atoms in total. The highest BCUT2D eigenvalue weighted by Crippen LogP contribution is 2.40. The third-order valence-electron chi connectivity index (χ3n) is 4.65. The monoisotopic (exact) mass is 350 g/mol. The summed E-state index contributed by atoms with van der Waals surface area (Å²) in [5.41, 5.74) is 3.97. The molecule has 5 heteroatoms. The smallest absolute Gasteiger partial charge is 0.228 e. The number of ketones is 1. The van der Waals surface area contributed by atoms with Gasteiger partial charge in [-0.15, -0.1) is 0 Å². The second-order valence-corrected chi connectivity index (χ2v) is 6.88. The third kappa shape index (κ3) is 3.99. The Balaban J connectivity index is 1.60. The SMILES string of the molecule is CC(=O)c1cccc(NC(=O)C2CC2C(=O)Nc2cc(C)ccc2C)c1. The number of carbonyl (C=O) groups excluding carboxylic acids is 3. The van der Waals surface area contributed by atoms with E-state index in [9.17, 15) is 14.4 Å². The van der Waals surface area contributed by atoms with Gasteiger partial charge in [0, 0.05) is 16.9 Å². The summed E-state index contributed by atoms with van der Waals surface area (Å²) in [6.45, 7) is 5.39. The van der Waals surface area contributed by atoms with Crippen molar-refractivity contribution in [3.05, 3.63) is 59.2 Å². The van der Waals surface area contributed by atoms with Crippen molar-refractivity contribution in [1.82, 2.24) is 0 Å². The quantitative estimate of drug-likeness (QED) is 0.807. The molecule has 1 fully saturated rings. The molecule has 0 heterocycles. The van der Waals surface area contributed by atoms with Crippen LogP contribution in [-0.4, -0.2) is 17.6 Å². The fraction of sp³-hybridized carbons (Fsp3) is 0.286. The molecular weight excluding hydrogens is 328 g/mol. The maximum absolute atomic E-state index is 12.4. The highest BCUT2D eigenvalue weighted by atomic mass is 16.2. The second kappa shape index (κ2) is 7.12. The predicted octanol–water partition coefficient (Wildman–Crippen LogP) is 3.72. The number of anilines is 2. The van der Waals surface area contributed by atoms with Gasteiger partial charge >= 0.3 is 0 Å². The van der Waals surface area contributed by atoms with Crippen molar-refractivity contribution in [3.8, 4) is 0 Å². The lowest BCUT2D eigenvalue weighted by Gasteiger charge is -2.09. The molecule has 1 saturated carbocycles. The maximum Gasteiger partial charge on any atom is 0.228 e. The highest BCUT2D eigenvalue weighted by molar-refractivity contribution is 6.04. The predicted molar refractivity (Wildman–Crippen MR) is 101 cm³/mol. The molecule has 2 atom stereocenters. The van der Waals surface area contributed by atoms with E-state index in [-0.39, 0.29) is 29.4 Å². The Morgan fingerprint density at radius 3 is 2.31 bits per heavy atom. The van der Waals surface area contributed by atoms with Crippen LogP contribution < -0.4 is 10.6 Å². The molecule has 2 aromatic rings. The normalized spacial score (nSPS) is 18.1. The van der Waals surface area contributed by atoms with E-state index in [0.29, 0.717) is 17.7 Å². The van der Waals surface area contributed by atoms with Crippen molar-refractivity contribution in [3.63, 3.8) is 0 Å². The van der Waals surface area contributed by atoms with Gasteiger partial charge < -0.3 is 10.6 Å². The Bertz CT molecular complexity index is 889. The second-order valence-electron chi connectivity index (χ2n) is 6.88. The number of rotatable bonds is 5. The van der Waals surface area contributed by atoms with Gasteiger partial charge in [-0.1, -0.05) is 24.3 Å². The van der Waals surface area contributed by atoms with Crippen LogP contribution >= 0.6 is 0 Å². The van der Waals surface area contributed by atoms with E-state index in [2.05, 4.69) is 10.6 Å². The van der Waals surface area contributed by atoms with E-state index >= 15 is 0 Å². The minimum Gasteiger partial charge on any atom is -0.326 e. The number of amides is 2. The molecule has 2 N–H and O–H groups in total. The van der Waals surface area contributed by atoms with Gasteiger partial charge in [-0.05, 0) is 56.5 Å². The van der Waals surface area contributed by atoms with Crippen LogP contribution in [0.3, 0.4) is 0 Å². The molecule has 0 aliphatic heterocycles. The van der Waals surface area contributed by atoms with E-state index in [1.807, 2.05) is 32.0 Å². The number of Topliss-reactive ketones (excluding diaryl/α,β-unsaturated/α-hetero) is 1. The number of carbonyl (C=O) groups is 3. The third-order valence-corrected chi connectivity index (χ3v) is 4.65. The fourth-order valence-electron chi connectivity index (χ4n) is 2.92. The van der Waals surface area contributed by atoms with Gasteiger partial charge in [-0.25, -0.2) is 0 Å². The Hall–Kier alpha value is -2.95. The van der Waals surface area contributed by atoms with Crippen LogP contribution in [-0.2, 0) is 9.59 Å². The summed E-state index contributed by atoms with van der Waals surface area (Å²) in [5, 5.41) is 5.72. The molecule has 134 valence electrons. The van der Waals surface area contributed by atoms with Gasteiger partial charge in [0.15, 0.2) is 5.78 Å². The Morgan fingerprint density at radius 1 is 0.923 bits per heavy atom. The number of benzene rings is 2. The van der Waals surface area contributed by atoms with Crippen LogP contribution in [0.25, 0.3) is 0 Å². The Morgan fingerprint density at radius 2 is 1.62 bits per heavy atom. The maximum atomic E-state index is 12.4. The molecule has 1 aliphatic carbocycles. The van der Waals surface area contributed by atoms with Crippen LogP contribution in [0.5, 0.6) is 0 Å². The standard InChI is InChI=1S/C21H22N2O3/c1-12-7-8-13(2)19(9-12)23-21(26)18-11-17(18)20(25)22-16-6-4-5-15(10-16)14(3)24/h4-10,17-18H,11H2,1-3H3,(H,22,25)(H,23,26). The number of hydrogen-bond donors (Lipinski definition) is 2. The lowest BCUT2D eigenvalue weighted by Crippen LogP contribution is -2.21. The van der Waals surface area contributed by atoms with Crippen LogP contribution in [0.1, 0.15) is 34.8 Å². The summed E-state index contributed by atoms with van der Waals surface area (Å²) in [7, 11) is 0. The summed E-state index contributed by atoms with van der Waals surface area (Å²) in [6.07, 6.45) is 0.537. The van der Waals surface area contributed by atoms with E-state index < -0.39 is 0 Å². The molecule has 2 aromatic carbocycles. The highest BCUT2D eigenvalue weighted by Gasteiger charge is 2.48. The Kier molecular flexibility index (Phi) is 4.89. The number of hydrogen-bond acceptors (Lipinski definition) is 3. The first-order valence-electron chi connectivity index (χ1n) is 8.65. The van der Waals surface area contributed by atoms with Crippen LogP contribution in [0.15, 0.2) is 42.5 Å². The van der Waals surface area contributed by atoms with Gasteiger partial charge in [0.05, 0.1) is 11.8 Å². The first-order valence-corrected chi connectivity index (χ1v) is 8.65. The van der Waals surface area contributed by atoms with Crippen molar-refractivity contribution in [1.29, 1.82) is 0 Å². The van der Waals surface area contributed by atoms with Crippen molar-refractivity contribution >= 4 is 29.0 Å². The largest absolute Gasteiger partial charge is 0.326 e. The average molecular weight is 350 g/mol. The zero-order valence-corrected chi connectivity index (χ0v) is 15.1. The van der Waals surface area contributed by atoms with Crippen molar-refractivity contribution in [2.24, 2.45) is 11.8 Å². The summed E-state index contributed by atoms with van der Waals surface area (Å²) in [5.74, 6) is -1.02. The summed E-state index contributed by atoms with van der Waals surface area (Å²) in [6, 6.07) is 12.7. The van der Waals surface area contributed by atoms with E-state index in [4.69, 9.17) is 0 Å². The zero-order valence-electron chi connectivity index (χ0n) is 15.1. The van der Waals surface area contributed by atoms with Gasteiger partial charge in [0.25, 0.3) is 0 Å². The molecule has 0 spiro atoms. The van der Waals surface area contributed by atoms with Crippen molar-refractivity contribution < 1.29 is 14.4 Å². The first-order chi connectivity index (χ1) is 12.3. The molecule has 0 radical (unpaired) electrons. The van der Waals surface area contributed by atoms with Gasteiger partial charge in [0.2, 0.25) is 11.8 Å². The molecule has 1 aliphatic rings. The molecule has 3 rings (SSSR count). The van der Waals surface area contributed by atoms with Gasteiger partial charge in [-0.2, -0.15) is 0 Å². The van der Waals surface area contributed by atoms with E-state index in [1.165, 1.54) is 6.92 Å². The first kappa shape index (κ1) is 17.9. The minimum atomic E-state index is -0.332. The van der Waals surface area contributed by atoms with Crippen LogP contribution in [0, 0.1) is 25.7 Å². The average Bonchev–Trinajstić information content (AvgIpc) is 3.39. The molecule has 26 heavy (non-hydrogen) atoms. The molecule has 2 unspecified atom stereocenters.